The lowest BCUT2D eigenvalue weighted by atomic mass is 10.2. The molecular weight excluding hydrogens is 344 g/mol. The van der Waals surface area contributed by atoms with Gasteiger partial charge in [-0.3, -0.25) is 19.3 Å². The Morgan fingerprint density at radius 3 is 2.80 bits per heavy atom. The maximum atomic E-state index is 11.8. The molecule has 0 aliphatic carbocycles. The van der Waals surface area contributed by atoms with Gasteiger partial charge in [0.25, 0.3) is 5.24 Å². The van der Waals surface area contributed by atoms with E-state index >= 15 is 0 Å². The van der Waals surface area contributed by atoms with Crippen LogP contribution in [0.5, 0.6) is 11.5 Å². The summed E-state index contributed by atoms with van der Waals surface area (Å²) in [5.41, 5.74) is 0.789. The van der Waals surface area contributed by atoms with Crippen molar-refractivity contribution in [2.45, 2.75) is 6.92 Å². The summed E-state index contributed by atoms with van der Waals surface area (Å²) in [6, 6.07) is 5.37. The third-order valence-corrected chi connectivity index (χ3v) is 4.25. The predicted molar refractivity (Wildman–Crippen MR) is 95.8 cm³/mol. The highest BCUT2D eigenvalue weighted by Crippen LogP contribution is 2.28. The molecule has 1 aliphatic rings. The number of thioether (sulfide) groups is 1. The summed E-state index contributed by atoms with van der Waals surface area (Å²) in [5, 5.41) is 2.38. The second-order valence-corrected chi connectivity index (χ2v) is 5.99. The average molecular weight is 364 g/mol. The minimum absolute atomic E-state index is 0.173. The topological polar surface area (TPSA) is 84.9 Å². The molecule has 0 radical (unpaired) electrons. The summed E-state index contributed by atoms with van der Waals surface area (Å²) < 4.78 is 10.7. The van der Waals surface area contributed by atoms with E-state index in [9.17, 15) is 14.4 Å². The number of carbonyl (C=O) groups excluding carboxylic acids is 3. The van der Waals surface area contributed by atoms with Crippen LogP contribution in [-0.2, 0) is 9.59 Å². The Kier molecular flexibility index (Phi) is 6.88. The van der Waals surface area contributed by atoms with E-state index in [1.807, 2.05) is 13.0 Å². The zero-order chi connectivity index (χ0) is 18.2. The van der Waals surface area contributed by atoms with E-state index < -0.39 is 0 Å². The van der Waals surface area contributed by atoms with Crippen molar-refractivity contribution >= 4 is 34.9 Å². The first-order chi connectivity index (χ1) is 12.0. The van der Waals surface area contributed by atoms with Crippen molar-refractivity contribution < 1.29 is 23.9 Å². The second-order valence-electron chi connectivity index (χ2n) is 5.07. The quantitative estimate of drug-likeness (QED) is 0.710. The number of benzene rings is 1. The highest BCUT2D eigenvalue weighted by Gasteiger charge is 2.29. The van der Waals surface area contributed by atoms with Gasteiger partial charge in [0.1, 0.15) is 0 Å². The molecule has 1 fully saturated rings. The largest absolute Gasteiger partial charge is 0.493 e. The lowest BCUT2D eigenvalue weighted by Crippen LogP contribution is -2.37. The summed E-state index contributed by atoms with van der Waals surface area (Å²) in [7, 11) is 1.55. The molecule has 134 valence electrons. The number of hydrogen-bond acceptors (Lipinski definition) is 6. The standard InChI is InChI=1S/C17H20N2O5S/c1-3-24-13-6-4-12(10-14(13)23-2)5-7-15(20)18-8-9-19-16(21)11-25-17(19)22/h4-7,10H,3,8-9,11H2,1-2H3,(H,18,20)/b7-5+. The molecule has 1 aromatic carbocycles. The van der Waals surface area contributed by atoms with Gasteiger partial charge in [-0.25, -0.2) is 0 Å². The summed E-state index contributed by atoms with van der Waals surface area (Å²) in [5.74, 6) is 0.880. The first-order valence-corrected chi connectivity index (χ1v) is 8.77. The number of nitrogens with one attached hydrogen (secondary N) is 1. The minimum atomic E-state index is -0.306. The zero-order valence-electron chi connectivity index (χ0n) is 14.1. The van der Waals surface area contributed by atoms with Gasteiger partial charge in [0.05, 0.1) is 19.5 Å². The average Bonchev–Trinajstić information content (AvgIpc) is 2.93. The molecule has 0 atom stereocenters. The Morgan fingerprint density at radius 1 is 1.36 bits per heavy atom. The van der Waals surface area contributed by atoms with Crippen LogP contribution in [-0.4, -0.2) is 54.5 Å². The van der Waals surface area contributed by atoms with Crippen LogP contribution < -0.4 is 14.8 Å². The molecule has 0 bridgehead atoms. The van der Waals surface area contributed by atoms with E-state index in [2.05, 4.69) is 5.32 Å². The summed E-state index contributed by atoms with van der Waals surface area (Å²) in [4.78, 5) is 35.8. The molecule has 1 N–H and O–H groups in total. The van der Waals surface area contributed by atoms with Crippen LogP contribution in [0.1, 0.15) is 12.5 Å². The fourth-order valence-electron chi connectivity index (χ4n) is 2.18. The molecule has 3 amide bonds. The fourth-order valence-corrected chi connectivity index (χ4v) is 2.93. The van der Waals surface area contributed by atoms with Crippen LogP contribution in [0.3, 0.4) is 0 Å². The lowest BCUT2D eigenvalue weighted by molar-refractivity contribution is -0.125. The van der Waals surface area contributed by atoms with Gasteiger partial charge in [-0.1, -0.05) is 17.8 Å². The molecule has 2 rings (SSSR count). The molecule has 0 unspecified atom stereocenters. The zero-order valence-corrected chi connectivity index (χ0v) is 14.9. The van der Waals surface area contributed by atoms with E-state index in [0.29, 0.717) is 18.1 Å². The molecule has 0 saturated carbocycles. The van der Waals surface area contributed by atoms with Crippen molar-refractivity contribution in [1.29, 1.82) is 0 Å². The van der Waals surface area contributed by atoms with Gasteiger partial charge in [-0.05, 0) is 30.7 Å². The van der Waals surface area contributed by atoms with E-state index in [1.165, 1.54) is 6.08 Å². The Morgan fingerprint density at radius 2 is 2.16 bits per heavy atom. The van der Waals surface area contributed by atoms with Crippen molar-refractivity contribution in [2.24, 2.45) is 0 Å². The molecule has 0 aromatic heterocycles. The number of carbonyl (C=O) groups is 3. The van der Waals surface area contributed by atoms with Gasteiger partial charge >= 0.3 is 0 Å². The van der Waals surface area contributed by atoms with Crippen LogP contribution in [0.15, 0.2) is 24.3 Å². The fraction of sp³-hybridized carbons (Fsp3) is 0.353. The summed E-state index contributed by atoms with van der Waals surface area (Å²) in [6.07, 6.45) is 3.03. The van der Waals surface area contributed by atoms with E-state index in [0.717, 1.165) is 22.2 Å². The molecular formula is C17H20N2O5S. The SMILES string of the molecule is CCOc1ccc(/C=C/C(=O)NCCN2C(=O)CSC2=O)cc1OC. The number of amides is 3. The highest BCUT2D eigenvalue weighted by molar-refractivity contribution is 8.14. The normalized spacial score (nSPS) is 14.2. The number of nitrogens with zero attached hydrogens (tertiary/aromatic N) is 1. The molecule has 1 aromatic rings. The van der Waals surface area contributed by atoms with Crippen molar-refractivity contribution in [1.82, 2.24) is 10.2 Å². The monoisotopic (exact) mass is 364 g/mol. The second kappa shape index (κ2) is 9.12. The molecule has 7 nitrogen and oxygen atoms in total. The Balaban J connectivity index is 1.85. The molecule has 1 saturated heterocycles. The van der Waals surface area contributed by atoms with Crippen molar-refractivity contribution in [3.8, 4) is 11.5 Å². The highest BCUT2D eigenvalue weighted by atomic mass is 32.2. The summed E-state index contributed by atoms with van der Waals surface area (Å²) >= 11 is 0.977. The number of imide groups is 1. The van der Waals surface area contributed by atoms with E-state index in [-0.39, 0.29) is 35.9 Å². The smallest absolute Gasteiger partial charge is 0.288 e. The van der Waals surface area contributed by atoms with Crippen molar-refractivity contribution in [3.63, 3.8) is 0 Å². The van der Waals surface area contributed by atoms with Gasteiger partial charge < -0.3 is 14.8 Å². The van der Waals surface area contributed by atoms with Crippen LogP contribution >= 0.6 is 11.8 Å². The molecule has 8 heteroatoms. The minimum Gasteiger partial charge on any atom is -0.493 e. The lowest BCUT2D eigenvalue weighted by Gasteiger charge is -2.12. The van der Waals surface area contributed by atoms with Gasteiger partial charge in [0.2, 0.25) is 11.8 Å². The van der Waals surface area contributed by atoms with Crippen molar-refractivity contribution in [2.75, 3.05) is 32.6 Å². The Hall–Kier alpha value is -2.48. The van der Waals surface area contributed by atoms with Crippen LogP contribution in [0.4, 0.5) is 4.79 Å². The molecule has 25 heavy (non-hydrogen) atoms. The molecule has 1 heterocycles. The van der Waals surface area contributed by atoms with Gasteiger partial charge in [-0.15, -0.1) is 0 Å². The maximum Gasteiger partial charge on any atom is 0.288 e. The van der Waals surface area contributed by atoms with E-state index in [4.69, 9.17) is 9.47 Å². The number of ether oxygens (including phenoxy) is 2. The third-order valence-electron chi connectivity index (χ3n) is 3.39. The van der Waals surface area contributed by atoms with Crippen LogP contribution in [0.2, 0.25) is 0 Å². The van der Waals surface area contributed by atoms with Crippen molar-refractivity contribution in [3.05, 3.63) is 29.8 Å². The molecule has 1 aliphatic heterocycles. The number of rotatable bonds is 8. The van der Waals surface area contributed by atoms with Gasteiger partial charge in [-0.2, -0.15) is 0 Å². The first-order valence-electron chi connectivity index (χ1n) is 7.79. The first kappa shape index (κ1) is 18.9. The number of hydrogen-bond donors (Lipinski definition) is 1. The van der Waals surface area contributed by atoms with Crippen LogP contribution in [0, 0.1) is 0 Å². The van der Waals surface area contributed by atoms with Crippen LogP contribution in [0.25, 0.3) is 6.08 Å². The van der Waals surface area contributed by atoms with E-state index in [1.54, 1.807) is 25.3 Å². The third kappa shape index (κ3) is 5.25. The predicted octanol–water partition coefficient (Wildman–Crippen LogP) is 1.92. The maximum absolute atomic E-state index is 11.8. The van der Waals surface area contributed by atoms with Gasteiger partial charge in [0.15, 0.2) is 11.5 Å². The summed E-state index contributed by atoms with van der Waals surface area (Å²) in [6.45, 7) is 2.82. The Labute approximate surface area is 150 Å². The Bertz CT molecular complexity index is 674. The number of methoxy groups -OCH3 is 1. The van der Waals surface area contributed by atoms with Gasteiger partial charge in [0, 0.05) is 19.2 Å². The molecule has 0 spiro atoms.